The lowest BCUT2D eigenvalue weighted by molar-refractivity contribution is 0.0570. The Balaban J connectivity index is 1.33. The highest BCUT2D eigenvalue weighted by atomic mass is 32.2. The van der Waals surface area contributed by atoms with Gasteiger partial charge in [-0.25, -0.2) is 22.2 Å². The molecule has 3 aromatic rings. The third-order valence-corrected chi connectivity index (χ3v) is 11.4. The van der Waals surface area contributed by atoms with E-state index in [1.807, 2.05) is 6.92 Å². The molecule has 40 heavy (non-hydrogen) atoms. The average Bonchev–Trinajstić information content (AvgIpc) is 3.37. The third kappa shape index (κ3) is 4.03. The minimum absolute atomic E-state index is 0.0207. The van der Waals surface area contributed by atoms with Gasteiger partial charge in [0.05, 0.1) is 16.8 Å². The Morgan fingerprint density at radius 2 is 1.93 bits per heavy atom. The molecule has 210 valence electrons. The van der Waals surface area contributed by atoms with Gasteiger partial charge in [0, 0.05) is 24.3 Å². The Morgan fingerprint density at radius 3 is 2.67 bits per heavy atom. The number of nitrogens with zero attached hydrogens (tertiary/aromatic N) is 3. The maximum Gasteiger partial charge on any atom is 0.257 e. The van der Waals surface area contributed by atoms with Crippen LogP contribution in [0.5, 0.6) is 0 Å². The quantitative estimate of drug-likeness (QED) is 0.510. The van der Waals surface area contributed by atoms with Gasteiger partial charge in [0.1, 0.15) is 23.0 Å². The van der Waals surface area contributed by atoms with Crippen LogP contribution in [0.1, 0.15) is 55.8 Å². The summed E-state index contributed by atoms with van der Waals surface area (Å²) in [5.74, 6) is 0.520. The summed E-state index contributed by atoms with van der Waals surface area (Å²) in [5, 5.41) is 3.18. The number of hydrogen-bond donors (Lipinski definition) is 1. The number of anilines is 1. The van der Waals surface area contributed by atoms with Crippen molar-refractivity contribution in [2.75, 3.05) is 16.6 Å². The van der Waals surface area contributed by atoms with Crippen LogP contribution in [0.15, 0.2) is 41.3 Å². The predicted octanol–water partition coefficient (Wildman–Crippen LogP) is 4.15. The van der Waals surface area contributed by atoms with E-state index in [2.05, 4.69) is 10.3 Å². The van der Waals surface area contributed by atoms with Crippen molar-refractivity contribution in [2.45, 2.75) is 51.0 Å². The smallest absolute Gasteiger partial charge is 0.257 e. The zero-order valence-electron chi connectivity index (χ0n) is 22.1. The normalized spacial score (nSPS) is 30.2. The molecular formula is C29H30F2N4O4S. The van der Waals surface area contributed by atoms with Gasteiger partial charge in [0.25, 0.3) is 5.91 Å². The maximum absolute atomic E-state index is 15.1. The molecule has 4 aliphatic rings. The van der Waals surface area contributed by atoms with Crippen molar-refractivity contribution in [3.8, 4) is 5.69 Å². The fourth-order valence-corrected chi connectivity index (χ4v) is 9.40. The minimum atomic E-state index is -3.57. The van der Waals surface area contributed by atoms with E-state index in [1.165, 1.54) is 48.2 Å². The van der Waals surface area contributed by atoms with Crippen LogP contribution >= 0.6 is 0 Å². The summed E-state index contributed by atoms with van der Waals surface area (Å²) in [6, 6.07) is 5.83. The second-order valence-corrected chi connectivity index (χ2v) is 14.3. The van der Waals surface area contributed by atoms with Crippen molar-refractivity contribution in [1.82, 2.24) is 14.9 Å². The van der Waals surface area contributed by atoms with Gasteiger partial charge in [0.2, 0.25) is 15.5 Å². The number of amides is 1. The molecule has 0 spiro atoms. The van der Waals surface area contributed by atoms with Gasteiger partial charge in [-0.05, 0) is 93.4 Å². The van der Waals surface area contributed by atoms with Crippen LogP contribution in [-0.4, -0.2) is 41.7 Å². The van der Waals surface area contributed by atoms with Crippen LogP contribution < -0.4 is 15.1 Å². The Bertz CT molecular complexity index is 1740. The Morgan fingerprint density at radius 1 is 1.10 bits per heavy atom. The predicted molar refractivity (Wildman–Crippen MR) is 146 cm³/mol. The molecule has 5 atom stereocenters. The Kier molecular flexibility index (Phi) is 5.65. The first-order chi connectivity index (χ1) is 19.0. The van der Waals surface area contributed by atoms with Gasteiger partial charge in [-0.3, -0.25) is 18.5 Å². The van der Waals surface area contributed by atoms with Gasteiger partial charge < -0.3 is 5.32 Å². The van der Waals surface area contributed by atoms with E-state index in [4.69, 9.17) is 0 Å². The van der Waals surface area contributed by atoms with Crippen molar-refractivity contribution >= 4 is 32.8 Å². The first kappa shape index (κ1) is 25.6. The maximum atomic E-state index is 15.1. The molecule has 1 aliphatic heterocycles. The molecule has 2 bridgehead atoms. The molecule has 1 saturated heterocycles. The number of carbonyl (C=O) groups excluding carboxylic acids is 1. The van der Waals surface area contributed by atoms with Crippen LogP contribution in [-0.2, 0) is 10.0 Å². The van der Waals surface area contributed by atoms with E-state index in [1.54, 1.807) is 0 Å². The van der Waals surface area contributed by atoms with Crippen molar-refractivity contribution in [3.63, 3.8) is 0 Å². The summed E-state index contributed by atoms with van der Waals surface area (Å²) in [7, 11) is -3.57. The highest BCUT2D eigenvalue weighted by Crippen LogP contribution is 2.60. The zero-order valence-corrected chi connectivity index (χ0v) is 22.9. The molecule has 1 amide bonds. The van der Waals surface area contributed by atoms with Crippen molar-refractivity contribution in [2.24, 2.45) is 23.7 Å². The van der Waals surface area contributed by atoms with Crippen LogP contribution in [0.25, 0.3) is 16.7 Å². The molecule has 3 heterocycles. The number of nitrogens with one attached hydrogen (secondary N) is 1. The van der Waals surface area contributed by atoms with Gasteiger partial charge in [-0.15, -0.1) is 0 Å². The largest absolute Gasteiger partial charge is 0.347 e. The van der Waals surface area contributed by atoms with Crippen molar-refractivity contribution in [1.29, 1.82) is 0 Å². The molecule has 1 N–H and O–H groups in total. The van der Waals surface area contributed by atoms with E-state index < -0.39 is 38.5 Å². The topological polar surface area (TPSA) is 101 Å². The van der Waals surface area contributed by atoms with E-state index in [0.29, 0.717) is 24.3 Å². The average molecular weight is 569 g/mol. The highest BCUT2D eigenvalue weighted by molar-refractivity contribution is 7.93. The lowest BCUT2D eigenvalue weighted by Gasteiger charge is -2.46. The number of fused-ring (bicyclic) bond motifs is 2. The molecule has 11 heteroatoms. The molecule has 2 aromatic heterocycles. The number of hydrogen-bond acceptors (Lipinski definition) is 5. The van der Waals surface area contributed by atoms with Crippen LogP contribution in [0.4, 0.5) is 14.6 Å². The number of benzene rings is 1. The standard InChI is InChI=1S/C29H30F2N4O4S/c1-29(13-16-9-17-11-18(14-29)21(17)10-16)33-28(37)22-15-34(24-5-3-19(30)12-23(24)31)27-20(26(22)36)4-6-25(32-27)35-7-2-8-40(35,38)39/h3-6,12,15-18,21H,2,7-11,13-14H2,1H3,(H,33,37). The second kappa shape index (κ2) is 8.83. The number of rotatable bonds is 4. The molecular weight excluding hydrogens is 538 g/mol. The summed E-state index contributed by atoms with van der Waals surface area (Å²) in [6.45, 7) is 2.28. The van der Waals surface area contributed by atoms with Crippen LogP contribution in [0, 0.1) is 35.3 Å². The summed E-state index contributed by atoms with van der Waals surface area (Å²) in [6.07, 6.45) is 6.97. The van der Waals surface area contributed by atoms with E-state index in [-0.39, 0.29) is 40.4 Å². The van der Waals surface area contributed by atoms with Crippen molar-refractivity contribution < 1.29 is 22.0 Å². The molecule has 7 rings (SSSR count). The lowest BCUT2D eigenvalue weighted by Crippen LogP contribution is -2.51. The first-order valence-corrected chi connectivity index (χ1v) is 15.5. The number of sulfonamides is 1. The fraction of sp³-hybridized carbons (Fsp3) is 0.483. The van der Waals surface area contributed by atoms with Gasteiger partial charge >= 0.3 is 0 Å². The van der Waals surface area contributed by atoms with Crippen LogP contribution in [0.2, 0.25) is 0 Å². The number of aromatic nitrogens is 2. The molecule has 8 nitrogen and oxygen atoms in total. The second-order valence-electron chi connectivity index (χ2n) is 12.3. The van der Waals surface area contributed by atoms with Crippen LogP contribution in [0.3, 0.4) is 0 Å². The van der Waals surface area contributed by atoms with E-state index >= 15 is 4.39 Å². The molecule has 5 unspecified atom stereocenters. The summed E-state index contributed by atoms with van der Waals surface area (Å²) in [5.41, 5.74) is -1.37. The Labute approximate surface area is 230 Å². The SMILES string of the molecule is CC1(NC(=O)c2cn(-c3ccc(F)cc3F)c3nc(N4CCCS4(=O)=O)ccc3c2=O)CC2CC3CC(C1)C3C2. The first-order valence-electron chi connectivity index (χ1n) is 13.9. The summed E-state index contributed by atoms with van der Waals surface area (Å²) < 4.78 is 56.3. The minimum Gasteiger partial charge on any atom is -0.347 e. The van der Waals surface area contributed by atoms with Crippen molar-refractivity contribution in [3.05, 3.63) is 63.9 Å². The number of halogens is 2. The molecule has 4 fully saturated rings. The van der Waals surface area contributed by atoms with Gasteiger partial charge in [0.15, 0.2) is 5.65 Å². The van der Waals surface area contributed by atoms with E-state index in [9.17, 15) is 22.4 Å². The van der Waals surface area contributed by atoms with E-state index in [0.717, 1.165) is 35.0 Å². The molecule has 3 aliphatic carbocycles. The number of pyridine rings is 2. The monoisotopic (exact) mass is 568 g/mol. The molecule has 1 aromatic carbocycles. The van der Waals surface area contributed by atoms with Gasteiger partial charge in [-0.2, -0.15) is 0 Å². The Hall–Kier alpha value is -3.34. The highest BCUT2D eigenvalue weighted by Gasteiger charge is 2.53. The lowest BCUT2D eigenvalue weighted by atomic mass is 9.62. The molecule has 0 radical (unpaired) electrons. The third-order valence-electron chi connectivity index (χ3n) is 9.53. The summed E-state index contributed by atoms with van der Waals surface area (Å²) in [4.78, 5) is 31.8. The zero-order chi connectivity index (χ0) is 28.0. The van der Waals surface area contributed by atoms with Gasteiger partial charge in [-0.1, -0.05) is 0 Å². The number of carbonyl (C=O) groups is 1. The fourth-order valence-electron chi connectivity index (χ4n) is 7.89. The molecule has 3 saturated carbocycles. The summed E-state index contributed by atoms with van der Waals surface area (Å²) >= 11 is 0.